The van der Waals surface area contributed by atoms with E-state index in [2.05, 4.69) is 10.3 Å². The first kappa shape index (κ1) is 18.6. The summed E-state index contributed by atoms with van der Waals surface area (Å²) in [5.74, 6) is -1.26. The highest BCUT2D eigenvalue weighted by Gasteiger charge is 2.18. The number of halogens is 1. The SMILES string of the molecule is CC(OC(=O)CCCc1c[nH]c2ccccc12)C(=O)Nc1ccc(F)cc1. The molecule has 5 nitrogen and oxygen atoms in total. The van der Waals surface area contributed by atoms with Crippen LogP contribution in [0.5, 0.6) is 0 Å². The highest BCUT2D eigenvalue weighted by molar-refractivity contribution is 5.95. The number of hydrogen-bond acceptors (Lipinski definition) is 3. The van der Waals surface area contributed by atoms with Gasteiger partial charge in [-0.2, -0.15) is 0 Å². The second-order valence-electron chi connectivity index (χ2n) is 6.34. The van der Waals surface area contributed by atoms with Crippen molar-refractivity contribution in [3.63, 3.8) is 0 Å². The topological polar surface area (TPSA) is 71.2 Å². The number of H-pyrrole nitrogens is 1. The van der Waals surface area contributed by atoms with Gasteiger partial charge in [0.25, 0.3) is 5.91 Å². The lowest BCUT2D eigenvalue weighted by molar-refractivity contribution is -0.153. The van der Waals surface area contributed by atoms with Gasteiger partial charge in [-0.25, -0.2) is 4.39 Å². The molecule has 2 N–H and O–H groups in total. The second kappa shape index (κ2) is 8.49. The Labute approximate surface area is 156 Å². The molecule has 0 aliphatic carbocycles. The zero-order valence-corrected chi connectivity index (χ0v) is 15.0. The normalized spacial score (nSPS) is 11.9. The van der Waals surface area contributed by atoms with Gasteiger partial charge in [0, 0.05) is 29.2 Å². The van der Waals surface area contributed by atoms with Crippen molar-refractivity contribution in [2.45, 2.75) is 32.3 Å². The minimum atomic E-state index is -0.921. The van der Waals surface area contributed by atoms with E-state index < -0.39 is 18.0 Å². The lowest BCUT2D eigenvalue weighted by Crippen LogP contribution is -2.29. The van der Waals surface area contributed by atoms with Crippen molar-refractivity contribution in [2.75, 3.05) is 5.32 Å². The van der Waals surface area contributed by atoms with Crippen molar-refractivity contribution in [2.24, 2.45) is 0 Å². The number of carbonyl (C=O) groups excluding carboxylic acids is 2. The molecule has 0 radical (unpaired) electrons. The molecule has 0 saturated heterocycles. The third-order valence-electron chi connectivity index (χ3n) is 4.29. The molecule has 1 heterocycles. The average molecular weight is 368 g/mol. The number of rotatable bonds is 7. The van der Waals surface area contributed by atoms with E-state index >= 15 is 0 Å². The summed E-state index contributed by atoms with van der Waals surface area (Å²) in [4.78, 5) is 27.2. The van der Waals surface area contributed by atoms with Gasteiger partial charge in [-0.3, -0.25) is 9.59 Å². The molecule has 140 valence electrons. The molecular formula is C21H21FN2O3. The number of para-hydroxylation sites is 1. The second-order valence-corrected chi connectivity index (χ2v) is 6.34. The third-order valence-corrected chi connectivity index (χ3v) is 4.29. The molecule has 6 heteroatoms. The molecule has 1 amide bonds. The maximum Gasteiger partial charge on any atom is 0.306 e. The smallest absolute Gasteiger partial charge is 0.306 e. The van der Waals surface area contributed by atoms with Gasteiger partial charge in [-0.1, -0.05) is 18.2 Å². The van der Waals surface area contributed by atoms with Crippen molar-refractivity contribution in [1.82, 2.24) is 4.98 Å². The number of anilines is 1. The highest BCUT2D eigenvalue weighted by atomic mass is 19.1. The number of aromatic amines is 1. The summed E-state index contributed by atoms with van der Waals surface area (Å²) >= 11 is 0. The summed E-state index contributed by atoms with van der Waals surface area (Å²) in [7, 11) is 0. The number of benzene rings is 2. The Bertz CT molecular complexity index is 934. The molecule has 2 aromatic carbocycles. The maximum absolute atomic E-state index is 12.9. The lowest BCUT2D eigenvalue weighted by Gasteiger charge is -2.13. The zero-order chi connectivity index (χ0) is 19.2. The summed E-state index contributed by atoms with van der Waals surface area (Å²) in [6.07, 6.45) is 2.64. The molecular weight excluding hydrogens is 347 g/mol. The van der Waals surface area contributed by atoms with Crippen LogP contribution in [-0.4, -0.2) is 23.0 Å². The molecule has 27 heavy (non-hydrogen) atoms. The molecule has 0 aliphatic heterocycles. The van der Waals surface area contributed by atoms with E-state index in [1.165, 1.54) is 31.2 Å². The van der Waals surface area contributed by atoms with E-state index in [9.17, 15) is 14.0 Å². The maximum atomic E-state index is 12.9. The fourth-order valence-electron chi connectivity index (χ4n) is 2.85. The van der Waals surface area contributed by atoms with Crippen LogP contribution in [0.2, 0.25) is 0 Å². The van der Waals surface area contributed by atoms with Crippen LogP contribution in [0.25, 0.3) is 10.9 Å². The van der Waals surface area contributed by atoms with E-state index in [1.54, 1.807) is 0 Å². The summed E-state index contributed by atoms with van der Waals surface area (Å²) in [6.45, 7) is 1.51. The number of esters is 1. The molecule has 0 fully saturated rings. The number of ether oxygens (including phenoxy) is 1. The zero-order valence-electron chi connectivity index (χ0n) is 15.0. The van der Waals surface area contributed by atoms with Gasteiger partial charge in [0.1, 0.15) is 5.82 Å². The van der Waals surface area contributed by atoms with Crippen molar-refractivity contribution in [1.29, 1.82) is 0 Å². The molecule has 1 atom stereocenters. The van der Waals surface area contributed by atoms with Gasteiger partial charge in [0.2, 0.25) is 0 Å². The number of fused-ring (bicyclic) bond motifs is 1. The van der Waals surface area contributed by atoms with Crippen LogP contribution in [0.3, 0.4) is 0 Å². The van der Waals surface area contributed by atoms with E-state index in [-0.39, 0.29) is 12.2 Å². The molecule has 3 aromatic rings. The highest BCUT2D eigenvalue weighted by Crippen LogP contribution is 2.19. The number of amides is 1. The fourth-order valence-corrected chi connectivity index (χ4v) is 2.85. The Balaban J connectivity index is 1.44. The molecule has 1 aromatic heterocycles. The van der Waals surface area contributed by atoms with Crippen molar-refractivity contribution in [3.05, 3.63) is 66.1 Å². The summed E-state index contributed by atoms with van der Waals surface area (Å²) in [6, 6.07) is 13.4. The van der Waals surface area contributed by atoms with Crippen LogP contribution in [0.15, 0.2) is 54.7 Å². The fraction of sp³-hybridized carbons (Fsp3) is 0.238. The number of aryl methyl sites for hydroxylation is 1. The minimum Gasteiger partial charge on any atom is -0.453 e. The number of nitrogens with one attached hydrogen (secondary N) is 2. The van der Waals surface area contributed by atoms with Gasteiger partial charge in [0.05, 0.1) is 0 Å². The first-order valence-corrected chi connectivity index (χ1v) is 8.84. The van der Waals surface area contributed by atoms with E-state index in [1.807, 2.05) is 30.5 Å². The van der Waals surface area contributed by atoms with Gasteiger partial charge in [0.15, 0.2) is 6.10 Å². The number of carbonyl (C=O) groups is 2. The van der Waals surface area contributed by atoms with Gasteiger partial charge in [-0.15, -0.1) is 0 Å². The number of aromatic nitrogens is 1. The Morgan fingerprint density at radius 1 is 1.15 bits per heavy atom. The van der Waals surface area contributed by atoms with Crippen molar-refractivity contribution < 1.29 is 18.7 Å². The Kier molecular flexibility index (Phi) is 5.86. The Hall–Kier alpha value is -3.15. The van der Waals surface area contributed by atoms with E-state index in [4.69, 9.17) is 4.74 Å². The van der Waals surface area contributed by atoms with Crippen LogP contribution in [0, 0.1) is 5.82 Å². The monoisotopic (exact) mass is 368 g/mol. The number of hydrogen-bond donors (Lipinski definition) is 2. The molecule has 0 spiro atoms. The summed E-state index contributed by atoms with van der Waals surface area (Å²) in [5, 5.41) is 3.74. The van der Waals surface area contributed by atoms with Crippen LogP contribution in [0.4, 0.5) is 10.1 Å². The molecule has 3 rings (SSSR count). The van der Waals surface area contributed by atoms with E-state index in [0.29, 0.717) is 12.1 Å². The van der Waals surface area contributed by atoms with E-state index in [0.717, 1.165) is 22.9 Å². The predicted molar refractivity (Wildman–Crippen MR) is 102 cm³/mol. The van der Waals surface area contributed by atoms with Gasteiger partial charge in [-0.05, 0) is 55.7 Å². The van der Waals surface area contributed by atoms with Gasteiger partial charge < -0.3 is 15.0 Å². The third kappa shape index (κ3) is 4.94. The molecule has 0 aliphatic rings. The predicted octanol–water partition coefficient (Wildman–Crippen LogP) is 4.20. The lowest BCUT2D eigenvalue weighted by atomic mass is 10.1. The van der Waals surface area contributed by atoms with Gasteiger partial charge >= 0.3 is 5.97 Å². The quantitative estimate of drug-likeness (QED) is 0.614. The van der Waals surface area contributed by atoms with Crippen LogP contribution in [-0.2, 0) is 20.7 Å². The van der Waals surface area contributed by atoms with Crippen LogP contribution >= 0.6 is 0 Å². The molecule has 1 unspecified atom stereocenters. The Morgan fingerprint density at radius 2 is 1.89 bits per heavy atom. The average Bonchev–Trinajstić information content (AvgIpc) is 3.07. The summed E-state index contributed by atoms with van der Waals surface area (Å²) < 4.78 is 18.1. The first-order chi connectivity index (χ1) is 13.0. The molecule has 0 bridgehead atoms. The minimum absolute atomic E-state index is 0.230. The molecule has 0 saturated carbocycles. The Morgan fingerprint density at radius 3 is 2.67 bits per heavy atom. The largest absolute Gasteiger partial charge is 0.453 e. The van der Waals surface area contributed by atoms with Crippen LogP contribution < -0.4 is 5.32 Å². The van der Waals surface area contributed by atoms with Crippen molar-refractivity contribution in [3.8, 4) is 0 Å². The summed E-state index contributed by atoms with van der Waals surface area (Å²) in [5.41, 5.74) is 2.67. The standard InChI is InChI=1S/C21H21FN2O3/c1-14(21(26)24-17-11-9-16(22)10-12-17)27-20(25)8-4-5-15-13-23-19-7-3-2-6-18(15)19/h2-3,6-7,9-14,23H,4-5,8H2,1H3,(H,24,26). The first-order valence-electron chi connectivity index (χ1n) is 8.84. The van der Waals surface area contributed by atoms with Crippen LogP contribution in [0.1, 0.15) is 25.3 Å². The van der Waals surface area contributed by atoms with Crippen molar-refractivity contribution >= 4 is 28.5 Å².